The molecule has 0 amide bonds. The summed E-state index contributed by atoms with van der Waals surface area (Å²) in [6, 6.07) is 66.9. The van der Waals surface area contributed by atoms with Crippen molar-refractivity contribution >= 4 is 82.5 Å². The van der Waals surface area contributed by atoms with Gasteiger partial charge in [0.25, 0.3) is 0 Å². The molecule has 3 heteroatoms. The van der Waals surface area contributed by atoms with Gasteiger partial charge in [-0.1, -0.05) is 127 Å². The molecular weight excluding hydrogens is 647 g/mol. The van der Waals surface area contributed by atoms with Crippen LogP contribution in [0.2, 0.25) is 0 Å². The molecular formula is C50H31NO2. The fourth-order valence-electron chi connectivity index (χ4n) is 8.25. The first-order valence-electron chi connectivity index (χ1n) is 18.0. The molecule has 0 spiro atoms. The maximum absolute atomic E-state index is 6.46. The van der Waals surface area contributed by atoms with Gasteiger partial charge in [0.05, 0.1) is 16.8 Å². The van der Waals surface area contributed by atoms with Crippen LogP contribution in [-0.4, -0.2) is 0 Å². The summed E-state index contributed by atoms with van der Waals surface area (Å²) < 4.78 is 12.8. The normalized spacial score (nSPS) is 11.8. The van der Waals surface area contributed by atoms with Crippen LogP contribution in [0.25, 0.3) is 87.7 Å². The Morgan fingerprint density at radius 1 is 0.321 bits per heavy atom. The lowest BCUT2D eigenvalue weighted by Gasteiger charge is -2.29. The van der Waals surface area contributed by atoms with Gasteiger partial charge in [0.1, 0.15) is 22.3 Å². The molecule has 0 saturated heterocycles. The number of furan rings is 2. The van der Waals surface area contributed by atoms with Crippen LogP contribution in [0, 0.1) is 0 Å². The fourth-order valence-corrected chi connectivity index (χ4v) is 8.25. The van der Waals surface area contributed by atoms with E-state index in [4.69, 9.17) is 8.83 Å². The van der Waals surface area contributed by atoms with E-state index in [9.17, 15) is 0 Å². The minimum Gasteiger partial charge on any atom is -0.456 e. The highest BCUT2D eigenvalue weighted by molar-refractivity contribution is 6.17. The summed E-state index contributed by atoms with van der Waals surface area (Å²) in [4.78, 5) is 2.41. The summed E-state index contributed by atoms with van der Waals surface area (Å²) in [7, 11) is 0. The number of nitrogens with zero attached hydrogens (tertiary/aromatic N) is 1. The van der Waals surface area contributed by atoms with E-state index in [1.54, 1.807) is 0 Å². The molecule has 0 aliphatic carbocycles. The summed E-state index contributed by atoms with van der Waals surface area (Å²) >= 11 is 0. The smallest absolute Gasteiger partial charge is 0.137 e. The molecule has 248 valence electrons. The van der Waals surface area contributed by atoms with E-state index in [2.05, 4.69) is 169 Å². The molecule has 53 heavy (non-hydrogen) atoms. The summed E-state index contributed by atoms with van der Waals surface area (Å²) in [5, 5.41) is 9.35. The minimum absolute atomic E-state index is 0.855. The van der Waals surface area contributed by atoms with Gasteiger partial charge in [0.2, 0.25) is 0 Å². The third-order valence-corrected chi connectivity index (χ3v) is 10.6. The maximum atomic E-state index is 6.46. The SMILES string of the molecule is c1cc(-c2ccc3c(c2)oc2ccccc23)cc(N(c2ccccc2-c2cc3ccccc3c3ccccc23)c2cccc3oc4ccccc4c23)c1. The molecule has 0 aliphatic rings. The molecule has 2 aromatic heterocycles. The third kappa shape index (κ3) is 4.68. The second kappa shape index (κ2) is 11.7. The zero-order valence-electron chi connectivity index (χ0n) is 28.7. The van der Waals surface area contributed by atoms with Crippen molar-refractivity contribution in [3.05, 3.63) is 188 Å². The Bertz CT molecular complexity index is 3200. The predicted octanol–water partition coefficient (Wildman–Crippen LogP) is 14.6. The van der Waals surface area contributed by atoms with Crippen molar-refractivity contribution in [2.75, 3.05) is 4.90 Å². The van der Waals surface area contributed by atoms with Gasteiger partial charge in [0.15, 0.2) is 0 Å². The van der Waals surface area contributed by atoms with Crippen LogP contribution in [0.3, 0.4) is 0 Å². The Kier molecular flexibility index (Phi) is 6.55. The van der Waals surface area contributed by atoms with E-state index in [1.165, 1.54) is 27.1 Å². The van der Waals surface area contributed by atoms with E-state index in [1.807, 2.05) is 24.3 Å². The van der Waals surface area contributed by atoms with Gasteiger partial charge in [-0.25, -0.2) is 0 Å². The highest BCUT2D eigenvalue weighted by atomic mass is 16.3. The molecule has 0 atom stereocenters. The summed E-state index contributed by atoms with van der Waals surface area (Å²) in [6.45, 7) is 0. The summed E-state index contributed by atoms with van der Waals surface area (Å²) in [6.07, 6.45) is 0. The van der Waals surface area contributed by atoms with E-state index in [-0.39, 0.29) is 0 Å². The molecule has 2 heterocycles. The van der Waals surface area contributed by atoms with Crippen LogP contribution in [0.4, 0.5) is 17.1 Å². The van der Waals surface area contributed by atoms with Gasteiger partial charge in [-0.15, -0.1) is 0 Å². The summed E-state index contributed by atoms with van der Waals surface area (Å²) in [5.41, 5.74) is 11.2. The van der Waals surface area contributed by atoms with E-state index < -0.39 is 0 Å². The molecule has 0 saturated carbocycles. The van der Waals surface area contributed by atoms with Crippen molar-refractivity contribution in [3.8, 4) is 22.3 Å². The number of rotatable bonds is 5. The Morgan fingerprint density at radius 3 is 1.81 bits per heavy atom. The van der Waals surface area contributed by atoms with Crippen molar-refractivity contribution in [2.45, 2.75) is 0 Å². The molecule has 3 nitrogen and oxygen atoms in total. The lowest BCUT2D eigenvalue weighted by Crippen LogP contribution is -2.12. The first-order valence-corrected chi connectivity index (χ1v) is 18.0. The van der Waals surface area contributed by atoms with Gasteiger partial charge >= 0.3 is 0 Å². The highest BCUT2D eigenvalue weighted by Gasteiger charge is 2.23. The first-order chi connectivity index (χ1) is 26.3. The lowest BCUT2D eigenvalue weighted by atomic mass is 9.92. The van der Waals surface area contributed by atoms with Crippen molar-refractivity contribution in [3.63, 3.8) is 0 Å². The van der Waals surface area contributed by atoms with Crippen molar-refractivity contribution < 1.29 is 8.83 Å². The van der Waals surface area contributed by atoms with Crippen molar-refractivity contribution in [1.82, 2.24) is 0 Å². The standard InChI is InChI=1S/C50H31NO2/c1-2-16-36-34(13-1)30-43(38-18-4-3-17-37(36)38)39-19-5-8-22-44(39)51(45-23-12-26-48-50(45)42-21-7-10-25-47(42)52-48)35-15-11-14-32(29-35)33-27-28-41-40-20-6-9-24-46(40)53-49(41)31-33/h1-31H. The minimum atomic E-state index is 0.855. The third-order valence-electron chi connectivity index (χ3n) is 10.6. The zero-order valence-corrected chi connectivity index (χ0v) is 28.7. The van der Waals surface area contributed by atoms with Crippen LogP contribution in [0.5, 0.6) is 0 Å². The Labute approximate surface area is 305 Å². The Balaban J connectivity index is 1.18. The number of hydrogen-bond acceptors (Lipinski definition) is 3. The molecule has 0 aliphatic heterocycles. The second-order valence-electron chi connectivity index (χ2n) is 13.7. The van der Waals surface area contributed by atoms with Crippen molar-refractivity contribution in [2.24, 2.45) is 0 Å². The number of benzene rings is 9. The van der Waals surface area contributed by atoms with Crippen LogP contribution in [0.1, 0.15) is 0 Å². The summed E-state index contributed by atoms with van der Waals surface area (Å²) in [5.74, 6) is 0. The lowest BCUT2D eigenvalue weighted by molar-refractivity contribution is 0.668. The van der Waals surface area contributed by atoms with Gasteiger partial charge in [0, 0.05) is 27.4 Å². The predicted molar refractivity (Wildman–Crippen MR) is 222 cm³/mol. The van der Waals surface area contributed by atoms with E-state index in [0.717, 1.165) is 77.6 Å². The number of anilines is 3. The van der Waals surface area contributed by atoms with Crippen molar-refractivity contribution in [1.29, 1.82) is 0 Å². The molecule has 11 aromatic rings. The number of fused-ring (bicyclic) bond motifs is 9. The number of para-hydroxylation sites is 3. The second-order valence-corrected chi connectivity index (χ2v) is 13.7. The molecule has 0 N–H and O–H groups in total. The van der Waals surface area contributed by atoms with Gasteiger partial charge in [-0.2, -0.15) is 0 Å². The molecule has 0 fully saturated rings. The van der Waals surface area contributed by atoms with Gasteiger partial charge in [-0.3, -0.25) is 0 Å². The van der Waals surface area contributed by atoms with Crippen LogP contribution in [0.15, 0.2) is 197 Å². The van der Waals surface area contributed by atoms with Gasteiger partial charge < -0.3 is 13.7 Å². The first kappa shape index (κ1) is 29.6. The quantitative estimate of drug-likeness (QED) is 0.170. The van der Waals surface area contributed by atoms with E-state index >= 15 is 0 Å². The molecule has 11 rings (SSSR count). The largest absolute Gasteiger partial charge is 0.456 e. The Morgan fingerprint density at radius 2 is 0.925 bits per heavy atom. The monoisotopic (exact) mass is 677 g/mol. The average molecular weight is 678 g/mol. The van der Waals surface area contributed by atoms with Crippen LogP contribution in [-0.2, 0) is 0 Å². The van der Waals surface area contributed by atoms with Gasteiger partial charge in [-0.05, 0) is 98.9 Å². The van der Waals surface area contributed by atoms with Crippen LogP contribution < -0.4 is 4.90 Å². The number of hydrogen-bond donors (Lipinski definition) is 0. The van der Waals surface area contributed by atoms with E-state index in [0.29, 0.717) is 0 Å². The molecule has 9 aromatic carbocycles. The molecule has 0 radical (unpaired) electrons. The average Bonchev–Trinajstić information content (AvgIpc) is 3.80. The topological polar surface area (TPSA) is 29.5 Å². The van der Waals surface area contributed by atoms with Crippen LogP contribution >= 0.6 is 0 Å². The molecule has 0 unspecified atom stereocenters. The molecule has 0 bridgehead atoms. The fraction of sp³-hybridized carbons (Fsp3) is 0. The maximum Gasteiger partial charge on any atom is 0.137 e. The highest BCUT2D eigenvalue weighted by Crippen LogP contribution is 2.48. The zero-order chi connectivity index (χ0) is 34.9. The Hall–Kier alpha value is -7.10.